The van der Waals surface area contributed by atoms with Crippen LogP contribution in [-0.2, 0) is 4.79 Å². The van der Waals surface area contributed by atoms with Gasteiger partial charge in [0.2, 0.25) is 0 Å². The fourth-order valence-corrected chi connectivity index (χ4v) is 2.19. The first kappa shape index (κ1) is 15.6. The fourth-order valence-electron chi connectivity index (χ4n) is 2.19. The summed E-state index contributed by atoms with van der Waals surface area (Å²) in [5, 5.41) is 9.16. The molecule has 0 aliphatic rings. The van der Waals surface area contributed by atoms with Gasteiger partial charge >= 0.3 is 5.97 Å². The number of hydrogen-bond donors (Lipinski definition) is 1. The molecule has 0 atom stereocenters. The number of hydrogen-bond acceptors (Lipinski definition) is 3. The van der Waals surface area contributed by atoms with Crippen molar-refractivity contribution in [2.45, 2.75) is 6.92 Å². The lowest BCUT2D eigenvalue weighted by Gasteiger charge is -2.12. The Morgan fingerprint density at radius 2 is 1.55 bits per heavy atom. The minimum absolute atomic E-state index is 0.559. The quantitative estimate of drug-likeness (QED) is 0.858. The molecule has 2 aromatic carbocycles. The highest BCUT2D eigenvalue weighted by Crippen LogP contribution is 2.32. The normalized spacial score (nSPS) is 11.1. The predicted octanol–water partition coefficient (Wildman–Crippen LogP) is 3.53. The molecular weight excluding hydrogens is 280 g/mol. The molecule has 0 heterocycles. The second-order valence-corrected chi connectivity index (χ2v) is 4.83. The van der Waals surface area contributed by atoms with Crippen LogP contribution in [0.15, 0.2) is 48.5 Å². The van der Waals surface area contributed by atoms with Crippen LogP contribution in [0.3, 0.4) is 0 Å². The first-order chi connectivity index (χ1) is 10.5. The van der Waals surface area contributed by atoms with Crippen molar-refractivity contribution in [3.05, 3.63) is 65.2 Å². The van der Waals surface area contributed by atoms with Crippen LogP contribution in [0.5, 0.6) is 11.5 Å². The molecule has 0 radical (unpaired) electrons. The molecule has 0 aliphatic heterocycles. The topological polar surface area (TPSA) is 55.8 Å². The molecule has 0 unspecified atom stereocenters. The first-order valence-electron chi connectivity index (χ1n) is 6.79. The van der Waals surface area contributed by atoms with E-state index in [2.05, 4.69) is 0 Å². The summed E-state index contributed by atoms with van der Waals surface area (Å²) in [5.41, 5.74) is 3.32. The highest BCUT2D eigenvalue weighted by atomic mass is 16.5. The molecule has 2 rings (SSSR count). The van der Waals surface area contributed by atoms with Crippen LogP contribution >= 0.6 is 0 Å². The Labute approximate surface area is 129 Å². The third-order valence-corrected chi connectivity index (χ3v) is 3.32. The van der Waals surface area contributed by atoms with Crippen molar-refractivity contribution in [1.82, 2.24) is 0 Å². The van der Waals surface area contributed by atoms with E-state index >= 15 is 0 Å². The number of rotatable bonds is 5. The largest absolute Gasteiger partial charge is 0.493 e. The second kappa shape index (κ2) is 6.80. The number of aliphatic carboxylic acids is 1. The molecular formula is C18H18O4. The van der Waals surface area contributed by atoms with E-state index in [1.807, 2.05) is 37.3 Å². The zero-order valence-electron chi connectivity index (χ0n) is 12.8. The van der Waals surface area contributed by atoms with Gasteiger partial charge < -0.3 is 14.6 Å². The Bertz CT molecular complexity index is 700. The Hall–Kier alpha value is -2.75. The van der Waals surface area contributed by atoms with Crippen molar-refractivity contribution in [1.29, 1.82) is 0 Å². The average molecular weight is 298 g/mol. The molecule has 0 aliphatic carbocycles. The van der Waals surface area contributed by atoms with Crippen molar-refractivity contribution in [3.8, 4) is 11.5 Å². The van der Waals surface area contributed by atoms with Crippen LogP contribution in [0.25, 0.3) is 5.57 Å². The van der Waals surface area contributed by atoms with Crippen LogP contribution in [0.2, 0.25) is 0 Å². The number of carbonyl (C=O) groups is 1. The number of carboxylic acid groups (broad SMARTS) is 1. The third-order valence-electron chi connectivity index (χ3n) is 3.32. The van der Waals surface area contributed by atoms with Gasteiger partial charge in [-0.1, -0.05) is 35.9 Å². The smallest absolute Gasteiger partial charge is 0.328 e. The number of aryl methyl sites for hydroxylation is 1. The Morgan fingerprint density at radius 3 is 2.09 bits per heavy atom. The van der Waals surface area contributed by atoms with Gasteiger partial charge in [0.05, 0.1) is 14.2 Å². The molecule has 114 valence electrons. The maximum absolute atomic E-state index is 11.2. The Morgan fingerprint density at radius 1 is 0.955 bits per heavy atom. The summed E-state index contributed by atoms with van der Waals surface area (Å²) in [6, 6.07) is 13.1. The first-order valence-corrected chi connectivity index (χ1v) is 6.79. The van der Waals surface area contributed by atoms with Crippen molar-refractivity contribution in [2.24, 2.45) is 0 Å². The van der Waals surface area contributed by atoms with Crippen LogP contribution < -0.4 is 9.47 Å². The van der Waals surface area contributed by atoms with Gasteiger partial charge in [0.1, 0.15) is 0 Å². The summed E-state index contributed by atoms with van der Waals surface area (Å²) in [7, 11) is 3.11. The van der Waals surface area contributed by atoms with Gasteiger partial charge in [0, 0.05) is 6.08 Å². The van der Waals surface area contributed by atoms with Gasteiger partial charge in [0.25, 0.3) is 0 Å². The van der Waals surface area contributed by atoms with Crippen LogP contribution in [0.4, 0.5) is 0 Å². The summed E-state index contributed by atoms with van der Waals surface area (Å²) in [6.07, 6.45) is 1.20. The van der Waals surface area contributed by atoms with Crippen LogP contribution in [0.1, 0.15) is 16.7 Å². The van der Waals surface area contributed by atoms with Gasteiger partial charge in [-0.2, -0.15) is 0 Å². The molecule has 2 aromatic rings. The molecule has 4 nitrogen and oxygen atoms in total. The summed E-state index contributed by atoms with van der Waals surface area (Å²) in [5.74, 6) is 0.165. The molecule has 0 fully saturated rings. The highest BCUT2D eigenvalue weighted by molar-refractivity contribution is 5.95. The molecule has 0 saturated carbocycles. The van der Waals surface area contributed by atoms with E-state index in [1.54, 1.807) is 26.4 Å². The van der Waals surface area contributed by atoms with Gasteiger partial charge in [-0.05, 0) is 35.8 Å². The minimum Gasteiger partial charge on any atom is -0.493 e. The maximum atomic E-state index is 11.2. The number of methoxy groups -OCH3 is 2. The number of benzene rings is 2. The Kier molecular flexibility index (Phi) is 4.84. The van der Waals surface area contributed by atoms with Gasteiger partial charge in [-0.3, -0.25) is 0 Å². The zero-order valence-corrected chi connectivity index (χ0v) is 12.8. The van der Waals surface area contributed by atoms with E-state index < -0.39 is 5.97 Å². The predicted molar refractivity (Wildman–Crippen MR) is 85.4 cm³/mol. The third kappa shape index (κ3) is 3.47. The lowest BCUT2D eigenvalue weighted by Crippen LogP contribution is -1.97. The summed E-state index contributed by atoms with van der Waals surface area (Å²) < 4.78 is 10.5. The van der Waals surface area contributed by atoms with Crippen molar-refractivity contribution in [3.63, 3.8) is 0 Å². The molecule has 1 N–H and O–H groups in total. The lowest BCUT2D eigenvalue weighted by atomic mass is 9.96. The Balaban J connectivity index is 2.55. The molecule has 0 spiro atoms. The van der Waals surface area contributed by atoms with Gasteiger partial charge in [0.15, 0.2) is 11.5 Å². The van der Waals surface area contributed by atoms with Crippen LogP contribution in [0, 0.1) is 6.92 Å². The maximum Gasteiger partial charge on any atom is 0.328 e. The number of ether oxygens (including phenoxy) is 2. The molecule has 0 aromatic heterocycles. The molecule has 0 saturated heterocycles. The van der Waals surface area contributed by atoms with Gasteiger partial charge in [-0.15, -0.1) is 0 Å². The number of carboxylic acids is 1. The SMILES string of the molecule is COc1ccc(/C(=C\C(=O)O)c2ccc(C)cc2)cc1OC. The van der Waals surface area contributed by atoms with Crippen LogP contribution in [-0.4, -0.2) is 25.3 Å². The molecule has 4 heteroatoms. The molecule has 22 heavy (non-hydrogen) atoms. The highest BCUT2D eigenvalue weighted by Gasteiger charge is 2.11. The second-order valence-electron chi connectivity index (χ2n) is 4.83. The standard InChI is InChI=1S/C18H18O4/c1-12-4-6-13(7-5-12)15(11-18(19)20)14-8-9-16(21-2)17(10-14)22-3/h4-11H,1-3H3,(H,19,20)/b15-11-. The monoisotopic (exact) mass is 298 g/mol. The van der Waals surface area contributed by atoms with E-state index in [4.69, 9.17) is 14.6 Å². The van der Waals surface area contributed by atoms with Gasteiger partial charge in [-0.25, -0.2) is 4.79 Å². The zero-order chi connectivity index (χ0) is 16.1. The van der Waals surface area contributed by atoms with E-state index in [0.717, 1.165) is 16.7 Å². The van der Waals surface area contributed by atoms with Crippen molar-refractivity contribution in [2.75, 3.05) is 14.2 Å². The van der Waals surface area contributed by atoms with E-state index in [1.165, 1.54) is 6.08 Å². The summed E-state index contributed by atoms with van der Waals surface area (Å²) >= 11 is 0. The van der Waals surface area contributed by atoms with E-state index in [9.17, 15) is 4.79 Å². The van der Waals surface area contributed by atoms with E-state index in [0.29, 0.717) is 17.1 Å². The minimum atomic E-state index is -0.995. The summed E-state index contributed by atoms with van der Waals surface area (Å²) in [4.78, 5) is 11.2. The molecule has 0 amide bonds. The van der Waals surface area contributed by atoms with Crippen molar-refractivity contribution < 1.29 is 19.4 Å². The fraction of sp³-hybridized carbons (Fsp3) is 0.167. The molecule has 0 bridgehead atoms. The van der Waals surface area contributed by atoms with E-state index in [-0.39, 0.29) is 0 Å². The average Bonchev–Trinajstić information content (AvgIpc) is 2.52. The van der Waals surface area contributed by atoms with Crippen molar-refractivity contribution >= 4 is 11.5 Å². The lowest BCUT2D eigenvalue weighted by molar-refractivity contribution is -0.131. The summed E-state index contributed by atoms with van der Waals surface area (Å²) in [6.45, 7) is 1.99.